The summed E-state index contributed by atoms with van der Waals surface area (Å²) in [6.45, 7) is 0. The second-order valence-corrected chi connectivity index (χ2v) is 1.14. The Morgan fingerprint density at radius 1 is 2.00 bits per heavy atom. The number of carbonyl (C=O) groups excluding carboxylic acids is 1. The zero-order chi connectivity index (χ0) is 7.28. The molecule has 0 rings (SSSR count). The molecular formula is C3H8N4O2. The van der Waals surface area contributed by atoms with Gasteiger partial charge in [0.1, 0.15) is 0 Å². The molecule has 0 aliphatic rings. The lowest BCUT2D eigenvalue weighted by Gasteiger charge is -2.09. The van der Waals surface area contributed by atoms with Crippen molar-refractivity contribution in [1.29, 1.82) is 5.41 Å². The van der Waals surface area contributed by atoms with Gasteiger partial charge in [-0.05, 0) is 0 Å². The third-order valence-electron chi connectivity index (χ3n) is 0.598. The van der Waals surface area contributed by atoms with Crippen molar-refractivity contribution < 1.29 is 14.6 Å². The molecule has 0 spiro atoms. The fourth-order valence-electron chi connectivity index (χ4n) is 0.227. The van der Waals surface area contributed by atoms with Crippen LogP contribution in [0.15, 0.2) is 0 Å². The molecule has 0 aromatic carbocycles. The highest BCUT2D eigenvalue weighted by molar-refractivity contribution is 5.67. The molecule has 0 aliphatic heterocycles. The summed E-state index contributed by atoms with van der Waals surface area (Å²) in [7, 11) is 1.19. The minimum atomic E-state index is -0.724. The van der Waals surface area contributed by atoms with E-state index in [1.807, 2.05) is 0 Å². The van der Waals surface area contributed by atoms with Gasteiger partial charge in [-0.1, -0.05) is 6.34 Å². The maximum atomic E-state index is 10.3. The topological polar surface area (TPSA) is 94.7 Å². The molecule has 0 saturated heterocycles. The van der Waals surface area contributed by atoms with Crippen LogP contribution in [0.5, 0.6) is 0 Å². The molecule has 4 N–H and O–H groups in total. The highest BCUT2D eigenvalue weighted by Crippen LogP contribution is 1.62. The summed E-state index contributed by atoms with van der Waals surface area (Å²) < 4.78 is 4.17. The number of ether oxygens (including phenoxy) is 1. The third-order valence-corrected chi connectivity index (χ3v) is 0.598. The van der Waals surface area contributed by atoms with Gasteiger partial charge in [-0.3, -0.25) is 5.43 Å². The zero-order valence-electron chi connectivity index (χ0n) is 4.92. The standard InChI is InChI=1S/C3H8N4O2/c1-9-3(8)7(5)6-2-4/h2,7H,5H2,1H3,(H-,4,6). The Kier molecular flexibility index (Phi) is 3.33. The van der Waals surface area contributed by atoms with Crippen LogP contribution in [-0.4, -0.2) is 19.5 Å². The van der Waals surface area contributed by atoms with E-state index in [4.69, 9.17) is 11.3 Å². The number of nitrogens with one attached hydrogen (secondary N) is 2. The Morgan fingerprint density at radius 3 is 2.89 bits per heavy atom. The molecule has 0 aromatic heterocycles. The molecule has 1 atom stereocenters. The number of carbonyl (C=O) groups is 1. The molecule has 52 valence electrons. The molecule has 0 saturated carbocycles. The van der Waals surface area contributed by atoms with Crippen LogP contribution in [-0.2, 0) is 4.74 Å². The van der Waals surface area contributed by atoms with Gasteiger partial charge in [-0.2, -0.15) is 10.6 Å². The van der Waals surface area contributed by atoms with E-state index in [-0.39, 0.29) is 5.12 Å². The summed E-state index contributed by atoms with van der Waals surface area (Å²) in [6.07, 6.45) is -0.0507. The number of nitrogens with two attached hydrogens (primary N) is 1. The predicted molar refractivity (Wildman–Crippen MR) is 29.7 cm³/mol. The van der Waals surface area contributed by atoms with Crippen molar-refractivity contribution >= 4 is 12.4 Å². The maximum Gasteiger partial charge on any atom is 0.544 e. The van der Waals surface area contributed by atoms with E-state index in [9.17, 15) is 4.79 Å². The fourth-order valence-corrected chi connectivity index (χ4v) is 0.227. The van der Waals surface area contributed by atoms with Crippen molar-refractivity contribution in [2.45, 2.75) is 0 Å². The summed E-state index contributed by atoms with van der Waals surface area (Å²) >= 11 is 0. The Hall–Kier alpha value is -1.14. The van der Waals surface area contributed by atoms with Crippen LogP contribution in [0.4, 0.5) is 4.79 Å². The molecule has 6 nitrogen and oxygen atoms in total. The molecule has 6 heteroatoms. The fraction of sp³-hybridized carbons (Fsp3) is 0.333. The average molecular weight is 132 g/mol. The Morgan fingerprint density at radius 2 is 2.56 bits per heavy atom. The van der Waals surface area contributed by atoms with Gasteiger partial charge in [0.15, 0.2) is 0 Å². The van der Waals surface area contributed by atoms with Gasteiger partial charge in [0.2, 0.25) is 0 Å². The van der Waals surface area contributed by atoms with E-state index in [1.54, 1.807) is 0 Å². The van der Waals surface area contributed by atoms with Gasteiger partial charge in [-0.25, -0.2) is 0 Å². The number of amides is 1. The molecule has 0 fully saturated rings. The lowest BCUT2D eigenvalue weighted by atomic mass is 11.1. The summed E-state index contributed by atoms with van der Waals surface area (Å²) in [4.78, 5) is 10.3. The number of hydrogen-bond acceptors (Lipinski definition) is 4. The van der Waals surface area contributed by atoms with Gasteiger partial charge in [0.25, 0.3) is 0 Å². The van der Waals surface area contributed by atoms with Crippen LogP contribution in [0.2, 0.25) is 0 Å². The van der Waals surface area contributed by atoms with Crippen molar-refractivity contribution in [2.24, 2.45) is 5.84 Å². The SMILES string of the molecule is COC(=O)[NH+](N)[N-]C=N. The van der Waals surface area contributed by atoms with Crippen LogP contribution in [0.1, 0.15) is 0 Å². The summed E-state index contributed by atoms with van der Waals surface area (Å²) in [5, 5.41) is 6.09. The molecule has 0 aromatic rings. The third kappa shape index (κ3) is 2.62. The Bertz CT molecular complexity index is 114. The van der Waals surface area contributed by atoms with E-state index in [2.05, 4.69) is 10.2 Å². The molecule has 0 heterocycles. The van der Waals surface area contributed by atoms with E-state index in [0.29, 0.717) is 6.34 Å². The Labute approximate surface area is 52.0 Å². The minimum Gasteiger partial charge on any atom is -0.484 e. The lowest BCUT2D eigenvalue weighted by molar-refractivity contribution is -0.790. The van der Waals surface area contributed by atoms with Gasteiger partial charge in [0, 0.05) is 0 Å². The van der Waals surface area contributed by atoms with Gasteiger partial charge >= 0.3 is 6.09 Å². The monoisotopic (exact) mass is 132 g/mol. The smallest absolute Gasteiger partial charge is 0.484 e. The van der Waals surface area contributed by atoms with E-state index < -0.39 is 6.09 Å². The number of methoxy groups -OCH3 is 1. The normalized spacial score (nSPS) is 11.8. The highest BCUT2D eigenvalue weighted by Gasteiger charge is 2.09. The van der Waals surface area contributed by atoms with E-state index >= 15 is 0 Å². The summed E-state index contributed by atoms with van der Waals surface area (Å²) in [5.74, 6) is 4.96. The maximum absolute atomic E-state index is 10.3. The van der Waals surface area contributed by atoms with Gasteiger partial charge in [0.05, 0.1) is 7.11 Å². The summed E-state index contributed by atoms with van der Waals surface area (Å²) in [6, 6.07) is 0. The second kappa shape index (κ2) is 3.81. The first-order chi connectivity index (χ1) is 4.22. The Balaban J connectivity index is 3.58. The van der Waals surface area contributed by atoms with Crippen molar-refractivity contribution in [3.63, 3.8) is 0 Å². The number of hydrogen-bond donors (Lipinski definition) is 3. The lowest BCUT2D eigenvalue weighted by Crippen LogP contribution is -3.16. The first-order valence-corrected chi connectivity index (χ1v) is 2.13. The largest absolute Gasteiger partial charge is 0.544 e. The first-order valence-electron chi connectivity index (χ1n) is 2.13. The van der Waals surface area contributed by atoms with Crippen molar-refractivity contribution in [3.8, 4) is 0 Å². The molecule has 0 bridgehead atoms. The second-order valence-electron chi connectivity index (χ2n) is 1.14. The number of quaternary nitrogens is 1. The predicted octanol–water partition coefficient (Wildman–Crippen LogP) is -1.59. The molecule has 1 amide bonds. The van der Waals surface area contributed by atoms with Crippen molar-refractivity contribution in [1.82, 2.24) is 0 Å². The van der Waals surface area contributed by atoms with Crippen LogP contribution >= 0.6 is 0 Å². The van der Waals surface area contributed by atoms with Crippen molar-refractivity contribution in [3.05, 3.63) is 5.43 Å². The molecule has 1 unspecified atom stereocenters. The highest BCUT2D eigenvalue weighted by atomic mass is 16.5. The molecule has 0 aliphatic carbocycles. The summed E-state index contributed by atoms with van der Waals surface area (Å²) in [5.41, 5.74) is 3.16. The van der Waals surface area contributed by atoms with Crippen LogP contribution in [0.3, 0.4) is 0 Å². The molecule has 9 heavy (non-hydrogen) atoms. The molecular weight excluding hydrogens is 124 g/mol. The van der Waals surface area contributed by atoms with Crippen LogP contribution in [0, 0.1) is 5.41 Å². The van der Waals surface area contributed by atoms with Crippen LogP contribution < -0.4 is 11.0 Å². The zero-order valence-corrected chi connectivity index (χ0v) is 4.92. The minimum absolute atomic E-state index is 0.312. The quantitative estimate of drug-likeness (QED) is 0.139. The van der Waals surface area contributed by atoms with E-state index in [1.165, 1.54) is 7.11 Å². The number of nitrogens with zero attached hydrogens (tertiary/aromatic N) is 1. The molecule has 0 radical (unpaired) electrons. The van der Waals surface area contributed by atoms with E-state index in [0.717, 1.165) is 0 Å². The van der Waals surface area contributed by atoms with Crippen LogP contribution in [0.25, 0.3) is 5.43 Å². The van der Waals surface area contributed by atoms with Gasteiger partial charge in [-0.15, -0.1) is 5.12 Å². The first kappa shape index (κ1) is 7.86. The van der Waals surface area contributed by atoms with Gasteiger partial charge < -0.3 is 10.1 Å². The average Bonchev–Trinajstić information content (AvgIpc) is 1.87. The van der Waals surface area contributed by atoms with Crippen molar-refractivity contribution in [2.75, 3.05) is 7.11 Å². The number of rotatable bonds is 2.